The number of imidazole rings is 1. The fourth-order valence-electron chi connectivity index (χ4n) is 1.96. The summed E-state index contributed by atoms with van der Waals surface area (Å²) < 4.78 is 7.03. The number of nitrogens with one attached hydrogen (secondary N) is 1. The van der Waals surface area contributed by atoms with Crippen LogP contribution in [0.25, 0.3) is 5.82 Å². The summed E-state index contributed by atoms with van der Waals surface area (Å²) in [5, 5.41) is 2.86. The summed E-state index contributed by atoms with van der Waals surface area (Å²) in [6.07, 6.45) is 8.24. The van der Waals surface area contributed by atoms with Crippen molar-refractivity contribution in [1.82, 2.24) is 19.9 Å². The highest BCUT2D eigenvalue weighted by Crippen LogP contribution is 2.13. The summed E-state index contributed by atoms with van der Waals surface area (Å²) in [5.41, 5.74) is 0.497. The molecule has 0 aliphatic rings. The molecule has 1 unspecified atom stereocenters. The minimum absolute atomic E-state index is 0.191. The molecule has 1 amide bonds. The van der Waals surface area contributed by atoms with Crippen LogP contribution in [0, 0.1) is 0 Å². The molecule has 0 aliphatic heterocycles. The van der Waals surface area contributed by atoms with Gasteiger partial charge in [-0.15, -0.1) is 0 Å². The van der Waals surface area contributed by atoms with E-state index in [0.29, 0.717) is 17.1 Å². The number of rotatable bonds is 4. The van der Waals surface area contributed by atoms with Gasteiger partial charge in [-0.25, -0.2) is 9.97 Å². The third-order valence-electron chi connectivity index (χ3n) is 3.10. The maximum atomic E-state index is 12.1. The van der Waals surface area contributed by atoms with Crippen LogP contribution in [-0.4, -0.2) is 20.4 Å². The molecular formula is C15H14N4O2. The van der Waals surface area contributed by atoms with Crippen LogP contribution in [0.15, 0.2) is 59.9 Å². The lowest BCUT2D eigenvalue weighted by Crippen LogP contribution is -2.26. The topological polar surface area (TPSA) is 73.0 Å². The van der Waals surface area contributed by atoms with Crippen molar-refractivity contribution in [2.45, 2.75) is 13.0 Å². The number of hydrogen-bond donors (Lipinski definition) is 1. The summed E-state index contributed by atoms with van der Waals surface area (Å²) in [7, 11) is 0. The smallest absolute Gasteiger partial charge is 0.253 e. The zero-order valence-corrected chi connectivity index (χ0v) is 11.4. The first-order valence-electron chi connectivity index (χ1n) is 6.52. The molecule has 0 saturated heterocycles. The predicted octanol–water partition coefficient (Wildman–Crippen LogP) is 2.35. The Morgan fingerprint density at radius 2 is 2.29 bits per heavy atom. The number of aromatic nitrogens is 3. The van der Waals surface area contributed by atoms with E-state index in [0.717, 1.165) is 0 Å². The zero-order valence-electron chi connectivity index (χ0n) is 11.4. The summed E-state index contributed by atoms with van der Waals surface area (Å²) in [5.74, 6) is 1.23. The second-order valence-corrected chi connectivity index (χ2v) is 4.59. The standard InChI is InChI=1S/C15H14N4O2/c1-11(13-3-2-8-21-13)18-15(20)12-4-5-14(17-9-12)19-7-6-16-10-19/h2-11H,1H3,(H,18,20). The molecule has 0 aromatic carbocycles. The normalized spacial score (nSPS) is 12.0. The first kappa shape index (κ1) is 13.1. The first-order chi connectivity index (χ1) is 10.2. The molecular weight excluding hydrogens is 268 g/mol. The van der Waals surface area contributed by atoms with Gasteiger partial charge >= 0.3 is 0 Å². The molecule has 1 atom stereocenters. The number of hydrogen-bond acceptors (Lipinski definition) is 4. The van der Waals surface area contributed by atoms with E-state index >= 15 is 0 Å². The highest BCUT2D eigenvalue weighted by Gasteiger charge is 2.13. The van der Waals surface area contributed by atoms with E-state index in [1.807, 2.05) is 13.0 Å². The van der Waals surface area contributed by atoms with Crippen molar-refractivity contribution in [3.63, 3.8) is 0 Å². The average molecular weight is 282 g/mol. The van der Waals surface area contributed by atoms with Gasteiger partial charge in [0.05, 0.1) is 17.9 Å². The fraction of sp³-hybridized carbons (Fsp3) is 0.133. The second-order valence-electron chi connectivity index (χ2n) is 4.59. The van der Waals surface area contributed by atoms with E-state index in [1.54, 1.807) is 53.9 Å². The van der Waals surface area contributed by atoms with E-state index in [-0.39, 0.29) is 11.9 Å². The SMILES string of the molecule is CC(NC(=O)c1ccc(-n2ccnc2)nc1)c1ccco1. The Bertz CT molecular complexity index is 703. The molecule has 3 rings (SSSR count). The van der Waals surface area contributed by atoms with E-state index < -0.39 is 0 Å². The van der Waals surface area contributed by atoms with E-state index in [4.69, 9.17) is 4.42 Å². The van der Waals surface area contributed by atoms with Crippen molar-refractivity contribution < 1.29 is 9.21 Å². The van der Waals surface area contributed by atoms with Gasteiger partial charge in [0, 0.05) is 18.6 Å². The molecule has 0 spiro atoms. The number of carbonyl (C=O) groups is 1. The molecule has 3 aromatic heterocycles. The molecule has 6 nitrogen and oxygen atoms in total. The van der Waals surface area contributed by atoms with Crippen LogP contribution >= 0.6 is 0 Å². The molecule has 0 aliphatic carbocycles. The van der Waals surface area contributed by atoms with Crippen LogP contribution in [0.4, 0.5) is 0 Å². The van der Waals surface area contributed by atoms with E-state index in [2.05, 4.69) is 15.3 Å². The predicted molar refractivity (Wildman–Crippen MR) is 75.9 cm³/mol. The lowest BCUT2D eigenvalue weighted by molar-refractivity contribution is 0.0935. The van der Waals surface area contributed by atoms with Crippen molar-refractivity contribution in [1.29, 1.82) is 0 Å². The van der Waals surface area contributed by atoms with Crippen LogP contribution in [0.1, 0.15) is 29.1 Å². The number of carbonyl (C=O) groups excluding carboxylic acids is 1. The molecule has 106 valence electrons. The van der Waals surface area contributed by atoms with Gasteiger partial charge in [0.2, 0.25) is 0 Å². The molecule has 0 saturated carbocycles. The van der Waals surface area contributed by atoms with Gasteiger partial charge < -0.3 is 9.73 Å². The number of amides is 1. The van der Waals surface area contributed by atoms with E-state index in [1.165, 1.54) is 0 Å². The van der Waals surface area contributed by atoms with Crippen LogP contribution < -0.4 is 5.32 Å². The van der Waals surface area contributed by atoms with Gasteiger partial charge in [0.15, 0.2) is 0 Å². The Hall–Kier alpha value is -2.89. The number of nitrogens with zero attached hydrogens (tertiary/aromatic N) is 3. The third-order valence-corrected chi connectivity index (χ3v) is 3.10. The quantitative estimate of drug-likeness (QED) is 0.797. The van der Waals surface area contributed by atoms with Crippen LogP contribution in [0.3, 0.4) is 0 Å². The van der Waals surface area contributed by atoms with Gasteiger partial charge in [0.25, 0.3) is 5.91 Å². The molecule has 3 aromatic rings. The van der Waals surface area contributed by atoms with Crippen LogP contribution in [-0.2, 0) is 0 Å². The summed E-state index contributed by atoms with van der Waals surface area (Å²) in [6.45, 7) is 1.87. The van der Waals surface area contributed by atoms with Gasteiger partial charge in [-0.3, -0.25) is 9.36 Å². The Morgan fingerprint density at radius 3 is 2.90 bits per heavy atom. The molecule has 0 fully saturated rings. The highest BCUT2D eigenvalue weighted by molar-refractivity contribution is 5.94. The van der Waals surface area contributed by atoms with Crippen molar-refractivity contribution >= 4 is 5.91 Å². The Morgan fingerprint density at radius 1 is 1.38 bits per heavy atom. The van der Waals surface area contributed by atoms with Crippen molar-refractivity contribution in [3.05, 3.63) is 66.8 Å². The van der Waals surface area contributed by atoms with Crippen molar-refractivity contribution in [2.75, 3.05) is 0 Å². The third kappa shape index (κ3) is 2.84. The molecule has 1 N–H and O–H groups in total. The molecule has 6 heteroatoms. The van der Waals surface area contributed by atoms with Gasteiger partial charge in [0.1, 0.15) is 17.9 Å². The number of furan rings is 1. The minimum Gasteiger partial charge on any atom is -0.467 e. The zero-order chi connectivity index (χ0) is 14.7. The summed E-state index contributed by atoms with van der Waals surface area (Å²) >= 11 is 0. The Kier molecular flexibility index (Phi) is 3.51. The highest BCUT2D eigenvalue weighted by atomic mass is 16.3. The lowest BCUT2D eigenvalue weighted by Gasteiger charge is -2.11. The first-order valence-corrected chi connectivity index (χ1v) is 6.52. The molecule has 3 heterocycles. The molecule has 21 heavy (non-hydrogen) atoms. The molecule has 0 radical (unpaired) electrons. The van der Waals surface area contributed by atoms with E-state index in [9.17, 15) is 4.79 Å². The largest absolute Gasteiger partial charge is 0.467 e. The number of pyridine rings is 1. The average Bonchev–Trinajstić information content (AvgIpc) is 3.20. The fourth-order valence-corrected chi connectivity index (χ4v) is 1.96. The van der Waals surface area contributed by atoms with Gasteiger partial charge in [-0.05, 0) is 31.2 Å². The second kappa shape index (κ2) is 5.62. The van der Waals surface area contributed by atoms with Gasteiger partial charge in [-0.1, -0.05) is 0 Å². The maximum Gasteiger partial charge on any atom is 0.253 e. The molecule has 0 bridgehead atoms. The Labute approximate surface area is 121 Å². The van der Waals surface area contributed by atoms with Crippen LogP contribution in [0.5, 0.6) is 0 Å². The van der Waals surface area contributed by atoms with Crippen molar-refractivity contribution in [2.24, 2.45) is 0 Å². The minimum atomic E-state index is -0.194. The maximum absolute atomic E-state index is 12.1. The summed E-state index contributed by atoms with van der Waals surface area (Å²) in [6, 6.07) is 6.92. The monoisotopic (exact) mass is 282 g/mol. The van der Waals surface area contributed by atoms with Crippen molar-refractivity contribution in [3.8, 4) is 5.82 Å². The van der Waals surface area contributed by atoms with Crippen LogP contribution in [0.2, 0.25) is 0 Å². The lowest BCUT2D eigenvalue weighted by atomic mass is 10.2. The van der Waals surface area contributed by atoms with Gasteiger partial charge in [-0.2, -0.15) is 0 Å². The Balaban J connectivity index is 1.70. The summed E-state index contributed by atoms with van der Waals surface area (Å²) in [4.78, 5) is 20.3.